The van der Waals surface area contributed by atoms with Crippen molar-refractivity contribution < 1.29 is 32.4 Å². The molecule has 6 unspecified atom stereocenters. The first-order valence-electron chi connectivity index (χ1n) is 15.3. The fraction of sp³-hybridized carbons (Fsp3) is 0.324. The molecule has 7 atom stereocenters. The molecule has 2 aliphatic carbocycles. The molecule has 246 valence electrons. The van der Waals surface area contributed by atoms with Crippen LogP contribution in [-0.2, 0) is 22.4 Å². The number of thiazole rings is 1. The van der Waals surface area contributed by atoms with Crippen molar-refractivity contribution in [3.8, 4) is 5.75 Å². The van der Waals surface area contributed by atoms with Crippen molar-refractivity contribution in [1.29, 1.82) is 0 Å². The smallest absolute Gasteiger partial charge is 0.416 e. The highest BCUT2D eigenvalue weighted by Crippen LogP contribution is 2.69. The Bertz CT molecular complexity index is 2060. The van der Waals surface area contributed by atoms with Gasteiger partial charge in [0.05, 0.1) is 33.0 Å². The summed E-state index contributed by atoms with van der Waals surface area (Å²) in [6.07, 6.45) is -4.11. The molecule has 1 aromatic heterocycles. The van der Waals surface area contributed by atoms with Crippen LogP contribution in [0, 0.1) is 46.6 Å². The molecule has 1 N–H and O–H groups in total. The Hall–Kier alpha value is -4.43. The minimum atomic E-state index is -4.65. The van der Waals surface area contributed by atoms with Crippen LogP contribution < -0.4 is 14.5 Å². The molecule has 3 heterocycles. The average molecular weight is 694 g/mol. The second-order valence-corrected chi connectivity index (χ2v) is 15.0. The Morgan fingerprint density at radius 3 is 2.44 bits per heavy atom. The molecular formula is C34H26F3N3O6S2. The number of nitrogens with zero attached hydrogens (tertiary/aromatic N) is 2. The highest BCUT2D eigenvalue weighted by Gasteiger charge is 2.70. The van der Waals surface area contributed by atoms with Crippen LogP contribution in [0.4, 0.5) is 24.5 Å². The first-order chi connectivity index (χ1) is 22.9. The van der Waals surface area contributed by atoms with E-state index in [9.17, 15) is 37.7 Å². The number of H-pyrrole nitrogens is 1. The van der Waals surface area contributed by atoms with E-state index in [1.165, 1.54) is 36.0 Å². The van der Waals surface area contributed by atoms with E-state index in [2.05, 4.69) is 4.98 Å². The number of hydrogen-bond acceptors (Lipinski definition) is 8. The minimum absolute atomic E-state index is 0.116. The van der Waals surface area contributed by atoms with Gasteiger partial charge in [-0.3, -0.25) is 29.4 Å². The van der Waals surface area contributed by atoms with Crippen LogP contribution in [-0.4, -0.2) is 27.0 Å². The standard InChI is InChI=1S/C34H26F3N3O6S2/c1-15-5-7-16(8-6-15)14-46-23-10-9-19(40(44)45)12-20(23)24-25-21-13-22(28(25)47-30-29(24)48-33(43)38-30)27-26(21)31(41)39(32(27)42)18-4-2-3-17(11-18)34(35,36)37/h2-12,21-22,24-28H,13-14H2,1H3,(H,38,43)/t21?,22?,24-,25?,26?,27?,28?/m1/s1. The number of carbonyl (C=O) groups is 2. The van der Waals surface area contributed by atoms with Crippen molar-refractivity contribution in [3.63, 3.8) is 0 Å². The van der Waals surface area contributed by atoms with Gasteiger partial charge in [0, 0.05) is 33.7 Å². The third-order valence-corrected chi connectivity index (χ3v) is 12.8. The zero-order valence-corrected chi connectivity index (χ0v) is 26.7. The maximum Gasteiger partial charge on any atom is 0.416 e. The molecule has 48 heavy (non-hydrogen) atoms. The number of fused-ring (bicyclic) bond motifs is 9. The molecule has 2 bridgehead atoms. The molecule has 2 amide bonds. The maximum absolute atomic E-state index is 14.1. The van der Waals surface area contributed by atoms with Crippen LogP contribution in [0.25, 0.3) is 0 Å². The first kappa shape index (κ1) is 30.9. The number of imide groups is 1. The number of aromatic amines is 1. The van der Waals surface area contributed by atoms with E-state index in [-0.39, 0.29) is 45.9 Å². The fourth-order valence-electron chi connectivity index (χ4n) is 8.31. The van der Waals surface area contributed by atoms with Gasteiger partial charge < -0.3 is 9.72 Å². The van der Waals surface area contributed by atoms with E-state index in [1.54, 1.807) is 6.07 Å². The average Bonchev–Trinajstić information content (AvgIpc) is 3.79. The second kappa shape index (κ2) is 11.1. The molecular weight excluding hydrogens is 668 g/mol. The number of aryl methyl sites for hydroxylation is 1. The van der Waals surface area contributed by atoms with Crippen LogP contribution in [0.5, 0.6) is 5.75 Å². The highest BCUT2D eigenvalue weighted by molar-refractivity contribution is 8.00. The number of halogens is 3. The number of ether oxygens (including phenoxy) is 1. The van der Waals surface area contributed by atoms with Crippen molar-refractivity contribution in [2.24, 2.45) is 29.6 Å². The summed E-state index contributed by atoms with van der Waals surface area (Å²) in [6, 6.07) is 16.4. The van der Waals surface area contributed by atoms with Crippen molar-refractivity contribution >= 4 is 46.3 Å². The van der Waals surface area contributed by atoms with E-state index < -0.39 is 46.2 Å². The summed E-state index contributed by atoms with van der Waals surface area (Å²) in [7, 11) is 0. The lowest BCUT2D eigenvalue weighted by Gasteiger charge is -2.43. The van der Waals surface area contributed by atoms with Crippen molar-refractivity contribution in [1.82, 2.24) is 4.98 Å². The minimum Gasteiger partial charge on any atom is -0.489 e. The number of alkyl halides is 3. The Kier molecular flexibility index (Phi) is 7.11. The molecule has 8 rings (SSSR count). The lowest BCUT2D eigenvalue weighted by atomic mass is 9.68. The maximum atomic E-state index is 14.1. The van der Waals surface area contributed by atoms with E-state index in [4.69, 9.17) is 4.74 Å². The van der Waals surface area contributed by atoms with Gasteiger partial charge in [0.2, 0.25) is 11.8 Å². The molecule has 2 saturated carbocycles. The molecule has 4 aromatic rings. The number of aromatic nitrogens is 1. The van der Waals surface area contributed by atoms with E-state index in [0.717, 1.165) is 39.5 Å². The van der Waals surface area contributed by atoms with Gasteiger partial charge in [-0.2, -0.15) is 13.2 Å². The molecule has 0 spiro atoms. The number of nitro groups is 1. The summed E-state index contributed by atoms with van der Waals surface area (Å²) in [5, 5.41) is 12.4. The molecule has 14 heteroatoms. The van der Waals surface area contributed by atoms with E-state index in [1.807, 2.05) is 31.2 Å². The topological polar surface area (TPSA) is 123 Å². The Balaban J connectivity index is 1.21. The number of non-ortho nitro benzene ring substituents is 1. The highest BCUT2D eigenvalue weighted by atomic mass is 32.2. The summed E-state index contributed by atoms with van der Waals surface area (Å²) < 4.78 is 47.0. The molecule has 0 radical (unpaired) electrons. The number of amides is 2. The molecule has 2 aliphatic heterocycles. The van der Waals surface area contributed by atoms with E-state index in [0.29, 0.717) is 27.6 Å². The van der Waals surface area contributed by atoms with Crippen LogP contribution in [0.3, 0.4) is 0 Å². The Morgan fingerprint density at radius 1 is 1.00 bits per heavy atom. The summed E-state index contributed by atoms with van der Waals surface area (Å²) >= 11 is 2.45. The monoisotopic (exact) mass is 693 g/mol. The molecule has 9 nitrogen and oxygen atoms in total. The van der Waals surface area contributed by atoms with Gasteiger partial charge in [-0.25, -0.2) is 0 Å². The van der Waals surface area contributed by atoms with Gasteiger partial charge in [0.25, 0.3) is 5.69 Å². The molecule has 3 fully saturated rings. The normalized spacial score (nSPS) is 27.2. The van der Waals surface area contributed by atoms with Crippen molar-refractivity contribution in [3.05, 3.63) is 114 Å². The number of carbonyl (C=O) groups excluding carboxylic acids is 2. The first-order valence-corrected chi connectivity index (χ1v) is 17.0. The number of nitro benzene ring substituents is 1. The predicted molar refractivity (Wildman–Crippen MR) is 171 cm³/mol. The zero-order chi connectivity index (χ0) is 33.6. The van der Waals surface area contributed by atoms with Gasteiger partial charge in [0.15, 0.2) is 0 Å². The molecule has 3 aromatic carbocycles. The summed E-state index contributed by atoms with van der Waals surface area (Å²) in [5.74, 6) is -3.67. The number of benzene rings is 3. The quantitative estimate of drug-likeness (QED) is 0.132. The lowest BCUT2D eigenvalue weighted by molar-refractivity contribution is -0.385. The number of nitrogens with one attached hydrogen (secondary N) is 1. The SMILES string of the molecule is Cc1ccc(COc2ccc([N+](=O)[O-])cc2[C@H]2c3sc(=O)[nH]c3SC3C4CC(C5C(=O)N(c6cccc(C(F)(F)F)c6)C(=O)C45)C32)cc1. The van der Waals surface area contributed by atoms with Crippen LogP contribution in [0.2, 0.25) is 0 Å². The van der Waals surface area contributed by atoms with Gasteiger partial charge in [-0.1, -0.05) is 47.2 Å². The molecule has 4 aliphatic rings. The Morgan fingerprint density at radius 2 is 1.73 bits per heavy atom. The number of thioether (sulfide) groups is 1. The van der Waals surface area contributed by atoms with E-state index >= 15 is 0 Å². The summed E-state index contributed by atoms with van der Waals surface area (Å²) in [4.78, 5) is 56.4. The van der Waals surface area contributed by atoms with Crippen molar-refractivity contribution in [2.75, 3.05) is 4.90 Å². The number of rotatable bonds is 6. The largest absolute Gasteiger partial charge is 0.489 e. The lowest BCUT2D eigenvalue weighted by Crippen LogP contribution is -2.42. The van der Waals surface area contributed by atoms with Crippen LogP contribution in [0.1, 0.15) is 39.5 Å². The van der Waals surface area contributed by atoms with Gasteiger partial charge in [0.1, 0.15) is 12.4 Å². The summed E-state index contributed by atoms with van der Waals surface area (Å²) in [5.41, 5.74) is 1.25. The van der Waals surface area contributed by atoms with Gasteiger partial charge >= 0.3 is 11.0 Å². The van der Waals surface area contributed by atoms with Crippen molar-refractivity contribution in [2.45, 2.75) is 42.3 Å². The number of anilines is 1. The molecule has 1 saturated heterocycles. The third-order valence-electron chi connectivity index (χ3n) is 10.2. The second-order valence-electron chi connectivity index (χ2n) is 12.8. The fourth-order valence-corrected chi connectivity index (χ4v) is 11.2. The third kappa shape index (κ3) is 4.79. The predicted octanol–water partition coefficient (Wildman–Crippen LogP) is 6.93. The summed E-state index contributed by atoms with van der Waals surface area (Å²) in [6.45, 7) is 2.16. The number of hydrogen-bond donors (Lipinski definition) is 1. The van der Waals surface area contributed by atoms with Gasteiger partial charge in [-0.15, -0.1) is 11.8 Å². The zero-order valence-electron chi connectivity index (χ0n) is 25.1. The van der Waals surface area contributed by atoms with Gasteiger partial charge in [-0.05, 0) is 60.9 Å². The van der Waals surface area contributed by atoms with Crippen LogP contribution >= 0.6 is 23.1 Å². The Labute approximate surface area is 279 Å². The van der Waals surface area contributed by atoms with Crippen LogP contribution in [0.15, 0.2) is 76.6 Å².